The van der Waals surface area contributed by atoms with E-state index in [-0.39, 0.29) is 0 Å². The van der Waals surface area contributed by atoms with Crippen molar-refractivity contribution < 1.29 is 4.57 Å². The van der Waals surface area contributed by atoms with Crippen LogP contribution in [0.3, 0.4) is 0 Å². The lowest BCUT2D eigenvalue weighted by Crippen LogP contribution is -2.37. The molecule has 2 rings (SSSR count). The van der Waals surface area contributed by atoms with E-state index in [0.717, 1.165) is 13.1 Å². The van der Waals surface area contributed by atoms with Crippen molar-refractivity contribution in [1.82, 2.24) is 4.57 Å². The van der Waals surface area contributed by atoms with Crippen LogP contribution in [0.4, 0.5) is 0 Å². The van der Waals surface area contributed by atoms with E-state index in [4.69, 9.17) is 0 Å². The molecule has 0 aliphatic carbocycles. The van der Waals surface area contributed by atoms with Crippen LogP contribution in [0.15, 0.2) is 42.7 Å². The van der Waals surface area contributed by atoms with Crippen molar-refractivity contribution in [2.24, 2.45) is 0 Å². The van der Waals surface area contributed by atoms with Crippen LogP contribution in [0.2, 0.25) is 0 Å². The average molecular weight is 342 g/mol. The number of aryl methyl sites for hydroxylation is 3. The van der Waals surface area contributed by atoms with Gasteiger partial charge >= 0.3 is 0 Å². The monoisotopic (exact) mass is 341 g/mol. The Morgan fingerprint density at radius 1 is 0.800 bits per heavy atom. The zero-order chi connectivity index (χ0) is 17.7. The van der Waals surface area contributed by atoms with Crippen LogP contribution in [-0.2, 0) is 25.9 Å². The van der Waals surface area contributed by atoms with Crippen LogP contribution >= 0.6 is 0 Å². The maximum absolute atomic E-state index is 2.50. The lowest BCUT2D eigenvalue weighted by atomic mass is 10.1. The van der Waals surface area contributed by atoms with Gasteiger partial charge in [0.15, 0.2) is 0 Å². The summed E-state index contributed by atoms with van der Waals surface area (Å²) < 4.78 is 4.99. The molecule has 0 radical (unpaired) electrons. The second-order valence-electron chi connectivity index (χ2n) is 7.21. The second kappa shape index (κ2) is 11.9. The Balaban J connectivity index is 1.84. The number of aromatic nitrogens is 2. The van der Waals surface area contributed by atoms with Gasteiger partial charge in [0.1, 0.15) is 12.4 Å². The Kier molecular flexibility index (Phi) is 9.40. The minimum atomic E-state index is 1.14. The fourth-order valence-electron chi connectivity index (χ4n) is 3.59. The average Bonchev–Trinajstić information content (AvgIpc) is 3.01. The van der Waals surface area contributed by atoms with Gasteiger partial charge in [0, 0.05) is 6.42 Å². The van der Waals surface area contributed by atoms with Crippen LogP contribution in [0.5, 0.6) is 0 Å². The summed E-state index contributed by atoms with van der Waals surface area (Å²) in [7, 11) is 0. The Morgan fingerprint density at radius 3 is 2.32 bits per heavy atom. The second-order valence-corrected chi connectivity index (χ2v) is 7.21. The molecule has 0 N–H and O–H groups in total. The number of benzene rings is 1. The molecule has 0 spiro atoms. The molecule has 1 aromatic carbocycles. The number of unbranched alkanes of at least 4 members (excludes halogenated alkanes) is 5. The quantitative estimate of drug-likeness (QED) is 0.325. The van der Waals surface area contributed by atoms with E-state index in [1.807, 2.05) is 0 Å². The van der Waals surface area contributed by atoms with Gasteiger partial charge in [0.2, 0.25) is 0 Å². The lowest BCUT2D eigenvalue weighted by Gasteiger charge is -2.06. The van der Waals surface area contributed by atoms with E-state index in [1.54, 1.807) is 0 Å². The molecule has 0 saturated heterocycles. The summed E-state index contributed by atoms with van der Waals surface area (Å²) in [6.45, 7) is 6.85. The minimum absolute atomic E-state index is 1.14. The number of hydrogen-bond acceptors (Lipinski definition) is 0. The van der Waals surface area contributed by atoms with Crippen molar-refractivity contribution in [1.29, 1.82) is 0 Å². The van der Waals surface area contributed by atoms with E-state index in [1.165, 1.54) is 75.6 Å². The third-order valence-electron chi connectivity index (χ3n) is 5.02. The molecular formula is C23H37N2+. The van der Waals surface area contributed by atoms with Crippen LogP contribution in [0.25, 0.3) is 0 Å². The molecule has 2 aromatic rings. The zero-order valence-corrected chi connectivity index (χ0v) is 16.4. The van der Waals surface area contributed by atoms with Gasteiger partial charge in [-0.3, -0.25) is 0 Å². The summed E-state index contributed by atoms with van der Waals surface area (Å²) in [5.41, 5.74) is 1.45. The van der Waals surface area contributed by atoms with Crippen molar-refractivity contribution in [3.8, 4) is 0 Å². The highest BCUT2D eigenvalue weighted by Crippen LogP contribution is 2.10. The summed E-state index contributed by atoms with van der Waals surface area (Å²) in [5.74, 6) is 1.53. The highest BCUT2D eigenvalue weighted by Gasteiger charge is 2.15. The molecular weight excluding hydrogens is 304 g/mol. The molecule has 1 heterocycles. The molecule has 0 amide bonds. The number of imidazole rings is 1. The Labute approximate surface area is 154 Å². The molecule has 0 unspecified atom stereocenters. The zero-order valence-electron chi connectivity index (χ0n) is 16.4. The van der Waals surface area contributed by atoms with Crippen molar-refractivity contribution in [3.05, 3.63) is 54.1 Å². The largest absolute Gasteiger partial charge is 0.256 e. The van der Waals surface area contributed by atoms with Crippen molar-refractivity contribution in [2.45, 2.75) is 91.1 Å². The molecule has 0 aliphatic rings. The first-order valence-corrected chi connectivity index (χ1v) is 10.5. The molecule has 25 heavy (non-hydrogen) atoms. The van der Waals surface area contributed by atoms with Crippen molar-refractivity contribution in [3.63, 3.8) is 0 Å². The van der Waals surface area contributed by atoms with Crippen LogP contribution in [0.1, 0.15) is 76.6 Å². The van der Waals surface area contributed by atoms with E-state index in [2.05, 4.69) is 65.7 Å². The van der Waals surface area contributed by atoms with E-state index < -0.39 is 0 Å². The Bertz CT molecular complexity index is 571. The third kappa shape index (κ3) is 7.05. The van der Waals surface area contributed by atoms with E-state index in [0.29, 0.717) is 0 Å². The van der Waals surface area contributed by atoms with Gasteiger partial charge in [-0.25, -0.2) is 9.13 Å². The van der Waals surface area contributed by atoms with Gasteiger partial charge in [-0.1, -0.05) is 76.3 Å². The van der Waals surface area contributed by atoms with Crippen LogP contribution < -0.4 is 4.57 Å². The van der Waals surface area contributed by atoms with Crippen LogP contribution in [0, 0.1) is 0 Å². The Morgan fingerprint density at radius 2 is 1.56 bits per heavy atom. The Hall–Kier alpha value is -1.57. The van der Waals surface area contributed by atoms with Crippen LogP contribution in [-0.4, -0.2) is 4.57 Å². The molecule has 2 heteroatoms. The third-order valence-corrected chi connectivity index (χ3v) is 5.02. The first-order chi connectivity index (χ1) is 12.3. The molecule has 0 saturated carbocycles. The summed E-state index contributed by atoms with van der Waals surface area (Å²) >= 11 is 0. The maximum Gasteiger partial charge on any atom is 0.256 e. The fraction of sp³-hybridized carbons (Fsp3) is 0.609. The van der Waals surface area contributed by atoms with E-state index in [9.17, 15) is 0 Å². The highest BCUT2D eigenvalue weighted by molar-refractivity contribution is 5.14. The van der Waals surface area contributed by atoms with Gasteiger partial charge < -0.3 is 0 Å². The van der Waals surface area contributed by atoms with Gasteiger partial charge in [0.25, 0.3) is 5.82 Å². The summed E-state index contributed by atoms with van der Waals surface area (Å²) in [6.07, 6.45) is 17.7. The first kappa shape index (κ1) is 19.8. The van der Waals surface area contributed by atoms with Gasteiger partial charge in [-0.2, -0.15) is 0 Å². The number of nitrogens with zero attached hydrogens (tertiary/aromatic N) is 2. The summed E-state index contributed by atoms with van der Waals surface area (Å²) in [4.78, 5) is 0. The molecule has 2 nitrogen and oxygen atoms in total. The first-order valence-electron chi connectivity index (χ1n) is 10.5. The standard InChI is InChI=1S/C23H37N2/c1-3-5-6-7-8-12-17-23-24(18-4-2)20-21-25(23)19-13-16-22-14-10-9-11-15-22/h9-11,14-15,20-21H,3-8,12-13,16-19H2,1-2H3/q+1. The van der Waals surface area contributed by atoms with Gasteiger partial charge in [-0.15, -0.1) is 0 Å². The van der Waals surface area contributed by atoms with Gasteiger partial charge in [-0.05, 0) is 31.2 Å². The molecule has 0 aliphatic heterocycles. The summed E-state index contributed by atoms with van der Waals surface area (Å²) in [6, 6.07) is 10.9. The smallest absolute Gasteiger partial charge is 0.234 e. The number of rotatable bonds is 13. The minimum Gasteiger partial charge on any atom is -0.234 e. The molecule has 0 bridgehead atoms. The van der Waals surface area contributed by atoms with Crippen molar-refractivity contribution in [2.75, 3.05) is 0 Å². The molecule has 1 aromatic heterocycles. The lowest BCUT2D eigenvalue weighted by molar-refractivity contribution is -0.704. The predicted molar refractivity (Wildman–Crippen MR) is 107 cm³/mol. The van der Waals surface area contributed by atoms with Gasteiger partial charge in [0.05, 0.1) is 13.1 Å². The summed E-state index contributed by atoms with van der Waals surface area (Å²) in [5, 5.41) is 0. The maximum atomic E-state index is 2.50. The normalized spacial score (nSPS) is 11.1. The SMILES string of the molecule is CCCCCCCCc1n(CCC)cc[n+]1CCCc1ccccc1. The fourth-order valence-corrected chi connectivity index (χ4v) is 3.59. The predicted octanol–water partition coefficient (Wildman–Crippen LogP) is 5.72. The molecule has 138 valence electrons. The number of hydrogen-bond donors (Lipinski definition) is 0. The van der Waals surface area contributed by atoms with Crippen molar-refractivity contribution >= 4 is 0 Å². The molecule has 0 atom stereocenters. The van der Waals surface area contributed by atoms with E-state index >= 15 is 0 Å². The topological polar surface area (TPSA) is 8.81 Å². The molecule has 0 fully saturated rings. The highest BCUT2D eigenvalue weighted by atomic mass is 15.1.